The molecule has 0 aliphatic carbocycles. The highest BCUT2D eigenvalue weighted by Gasteiger charge is 2.28. The summed E-state index contributed by atoms with van der Waals surface area (Å²) in [5.74, 6) is -0.364. The predicted molar refractivity (Wildman–Crippen MR) is 106 cm³/mol. The van der Waals surface area contributed by atoms with Crippen LogP contribution in [0.2, 0.25) is 0 Å². The standard InChI is InChI=1S/C21H15N3O2S/c22-12-14-8-9-16-18(11-14)23-21(15-5-2-1-3-6-15)20(16)17(13-24(25)26)19-7-4-10-27-19/h1-11,17,23H,13H2. The first-order chi connectivity index (χ1) is 13.2. The number of nitrogens with one attached hydrogen (secondary N) is 1. The Hall–Kier alpha value is -3.43. The predicted octanol–water partition coefficient (Wildman–Crippen LogP) is 5.18. The van der Waals surface area contributed by atoms with Crippen molar-refractivity contribution in [1.82, 2.24) is 4.98 Å². The summed E-state index contributed by atoms with van der Waals surface area (Å²) in [4.78, 5) is 15.5. The molecular weight excluding hydrogens is 358 g/mol. The zero-order valence-electron chi connectivity index (χ0n) is 14.3. The normalized spacial score (nSPS) is 12.0. The number of H-pyrrole nitrogens is 1. The Morgan fingerprint density at radius 2 is 1.96 bits per heavy atom. The minimum atomic E-state index is -0.364. The van der Waals surface area contributed by atoms with E-state index < -0.39 is 0 Å². The lowest BCUT2D eigenvalue weighted by atomic mass is 9.91. The summed E-state index contributed by atoms with van der Waals surface area (Å²) in [6.07, 6.45) is 0. The molecule has 0 saturated carbocycles. The van der Waals surface area contributed by atoms with Crippen LogP contribution in [0.1, 0.15) is 21.9 Å². The quantitative estimate of drug-likeness (QED) is 0.387. The molecule has 0 aliphatic rings. The van der Waals surface area contributed by atoms with Crippen molar-refractivity contribution in [3.05, 3.63) is 92.2 Å². The van der Waals surface area contributed by atoms with Crippen molar-refractivity contribution in [3.63, 3.8) is 0 Å². The van der Waals surface area contributed by atoms with E-state index in [1.807, 2.05) is 53.9 Å². The van der Waals surface area contributed by atoms with E-state index in [-0.39, 0.29) is 17.4 Å². The van der Waals surface area contributed by atoms with E-state index in [1.165, 1.54) is 11.3 Å². The Kier molecular flexibility index (Phi) is 4.45. The molecule has 2 heterocycles. The van der Waals surface area contributed by atoms with E-state index in [0.717, 1.165) is 32.6 Å². The van der Waals surface area contributed by atoms with Gasteiger partial charge in [0.25, 0.3) is 0 Å². The number of hydrogen-bond donors (Lipinski definition) is 1. The number of nitro groups is 1. The van der Waals surface area contributed by atoms with Gasteiger partial charge in [0.1, 0.15) is 0 Å². The van der Waals surface area contributed by atoms with E-state index >= 15 is 0 Å². The first kappa shape index (κ1) is 17.0. The summed E-state index contributed by atoms with van der Waals surface area (Å²) in [6.45, 7) is -0.187. The van der Waals surface area contributed by atoms with Gasteiger partial charge in [-0.3, -0.25) is 10.1 Å². The van der Waals surface area contributed by atoms with Gasteiger partial charge in [0.15, 0.2) is 0 Å². The molecule has 1 atom stereocenters. The lowest BCUT2D eigenvalue weighted by Crippen LogP contribution is -2.13. The van der Waals surface area contributed by atoms with Crippen LogP contribution in [-0.2, 0) is 0 Å². The second-order valence-corrected chi connectivity index (χ2v) is 7.21. The molecule has 5 nitrogen and oxygen atoms in total. The Morgan fingerprint density at radius 3 is 2.63 bits per heavy atom. The monoisotopic (exact) mass is 373 g/mol. The van der Waals surface area contributed by atoms with Crippen LogP contribution in [0.25, 0.3) is 22.2 Å². The van der Waals surface area contributed by atoms with Gasteiger partial charge >= 0.3 is 0 Å². The van der Waals surface area contributed by atoms with Crippen LogP contribution in [0, 0.1) is 21.4 Å². The Morgan fingerprint density at radius 1 is 1.15 bits per heavy atom. The van der Waals surface area contributed by atoms with Crippen LogP contribution in [0.4, 0.5) is 0 Å². The molecule has 0 amide bonds. The van der Waals surface area contributed by atoms with Crippen molar-refractivity contribution in [2.45, 2.75) is 5.92 Å². The summed E-state index contributed by atoms with van der Waals surface area (Å²) in [5, 5.41) is 23.5. The Bertz CT molecular complexity index is 1140. The van der Waals surface area contributed by atoms with E-state index in [2.05, 4.69) is 11.1 Å². The average molecular weight is 373 g/mol. The van der Waals surface area contributed by atoms with Gasteiger partial charge in [0.2, 0.25) is 6.54 Å². The lowest BCUT2D eigenvalue weighted by Gasteiger charge is -2.14. The molecule has 0 aliphatic heterocycles. The van der Waals surface area contributed by atoms with Crippen LogP contribution >= 0.6 is 11.3 Å². The van der Waals surface area contributed by atoms with Crippen LogP contribution in [-0.4, -0.2) is 16.5 Å². The molecule has 0 radical (unpaired) electrons. The Labute approximate surface area is 159 Å². The van der Waals surface area contributed by atoms with Gasteiger partial charge in [0, 0.05) is 26.3 Å². The van der Waals surface area contributed by atoms with Crippen molar-refractivity contribution in [1.29, 1.82) is 5.26 Å². The molecule has 4 rings (SSSR count). The Balaban J connectivity index is 2.01. The maximum Gasteiger partial charge on any atom is 0.215 e. The number of nitriles is 1. The molecule has 2 aromatic heterocycles. The van der Waals surface area contributed by atoms with Gasteiger partial charge in [-0.05, 0) is 29.1 Å². The highest BCUT2D eigenvalue weighted by molar-refractivity contribution is 7.10. The molecule has 4 aromatic rings. The molecule has 1 N–H and O–H groups in total. The number of hydrogen-bond acceptors (Lipinski definition) is 4. The van der Waals surface area contributed by atoms with Gasteiger partial charge in [-0.2, -0.15) is 5.26 Å². The number of nitrogens with zero attached hydrogens (tertiary/aromatic N) is 2. The van der Waals surface area contributed by atoms with E-state index in [9.17, 15) is 15.4 Å². The molecule has 0 bridgehead atoms. The number of thiophene rings is 1. The molecule has 0 spiro atoms. The molecular formula is C21H15N3O2S. The second-order valence-electron chi connectivity index (χ2n) is 6.24. The molecule has 0 saturated heterocycles. The van der Waals surface area contributed by atoms with Crippen molar-refractivity contribution in [2.24, 2.45) is 0 Å². The maximum atomic E-state index is 11.4. The third-order valence-electron chi connectivity index (χ3n) is 4.60. The number of aromatic amines is 1. The molecule has 27 heavy (non-hydrogen) atoms. The fraction of sp³-hybridized carbons (Fsp3) is 0.0952. The van der Waals surface area contributed by atoms with Crippen molar-refractivity contribution in [3.8, 4) is 17.3 Å². The third-order valence-corrected chi connectivity index (χ3v) is 5.58. The number of fused-ring (bicyclic) bond motifs is 1. The highest BCUT2D eigenvalue weighted by atomic mass is 32.1. The van der Waals surface area contributed by atoms with Crippen molar-refractivity contribution < 1.29 is 4.92 Å². The number of benzene rings is 2. The van der Waals surface area contributed by atoms with Gasteiger partial charge in [-0.25, -0.2) is 0 Å². The van der Waals surface area contributed by atoms with Gasteiger partial charge in [-0.1, -0.05) is 42.5 Å². The zero-order valence-corrected chi connectivity index (χ0v) is 15.1. The molecule has 6 heteroatoms. The molecule has 2 aromatic carbocycles. The molecule has 1 unspecified atom stereocenters. The van der Waals surface area contributed by atoms with Gasteiger partial charge in [-0.15, -0.1) is 11.3 Å². The maximum absolute atomic E-state index is 11.4. The minimum absolute atomic E-state index is 0.187. The number of rotatable bonds is 5. The lowest BCUT2D eigenvalue weighted by molar-refractivity contribution is -0.481. The molecule has 132 valence electrons. The first-order valence-electron chi connectivity index (χ1n) is 8.43. The van der Waals surface area contributed by atoms with Crippen LogP contribution in [0.15, 0.2) is 66.0 Å². The fourth-order valence-electron chi connectivity index (χ4n) is 3.45. The third kappa shape index (κ3) is 3.21. The van der Waals surface area contributed by atoms with Gasteiger partial charge < -0.3 is 4.98 Å². The van der Waals surface area contributed by atoms with E-state index in [4.69, 9.17) is 0 Å². The fourth-order valence-corrected chi connectivity index (χ4v) is 4.27. The van der Waals surface area contributed by atoms with Crippen LogP contribution in [0.3, 0.4) is 0 Å². The summed E-state index contributed by atoms with van der Waals surface area (Å²) >= 11 is 1.52. The first-order valence-corrected chi connectivity index (χ1v) is 9.31. The SMILES string of the molecule is N#Cc1ccc2c(C(C[N+](=O)[O-])c3cccs3)c(-c3ccccc3)[nH]c2c1. The highest BCUT2D eigenvalue weighted by Crippen LogP contribution is 2.40. The number of aromatic nitrogens is 1. The van der Waals surface area contributed by atoms with Gasteiger partial charge in [0.05, 0.1) is 23.2 Å². The van der Waals surface area contributed by atoms with Crippen molar-refractivity contribution >= 4 is 22.2 Å². The van der Waals surface area contributed by atoms with E-state index in [0.29, 0.717) is 5.56 Å². The summed E-state index contributed by atoms with van der Waals surface area (Å²) in [7, 11) is 0. The zero-order chi connectivity index (χ0) is 18.8. The van der Waals surface area contributed by atoms with Crippen LogP contribution in [0.5, 0.6) is 0 Å². The second kappa shape index (κ2) is 7.06. The van der Waals surface area contributed by atoms with Crippen molar-refractivity contribution in [2.75, 3.05) is 6.54 Å². The average Bonchev–Trinajstić information content (AvgIpc) is 3.34. The summed E-state index contributed by atoms with van der Waals surface area (Å²) in [6, 6.07) is 21.2. The van der Waals surface area contributed by atoms with E-state index in [1.54, 1.807) is 12.1 Å². The summed E-state index contributed by atoms with van der Waals surface area (Å²) < 4.78 is 0. The van der Waals surface area contributed by atoms with Crippen LogP contribution < -0.4 is 0 Å². The smallest absolute Gasteiger partial charge is 0.215 e. The largest absolute Gasteiger partial charge is 0.354 e. The topological polar surface area (TPSA) is 82.7 Å². The molecule has 0 fully saturated rings. The minimum Gasteiger partial charge on any atom is -0.354 e. The summed E-state index contributed by atoms with van der Waals surface area (Å²) in [5.41, 5.74) is 4.09.